The first-order valence-electron chi connectivity index (χ1n) is 10.1. The Morgan fingerprint density at radius 3 is 1.52 bits per heavy atom. The van der Waals surface area contributed by atoms with E-state index >= 15 is 0 Å². The largest absolute Gasteiger partial charge is 0.458 e. The molecule has 0 aromatic heterocycles. The summed E-state index contributed by atoms with van der Waals surface area (Å²) in [4.78, 5) is 39.9. The Bertz CT molecular complexity index is 756. The van der Waals surface area contributed by atoms with Gasteiger partial charge in [-0.25, -0.2) is 14.4 Å². The molecule has 0 radical (unpaired) electrons. The molecule has 8 heteroatoms. The lowest BCUT2D eigenvalue weighted by Gasteiger charge is -2.33. The van der Waals surface area contributed by atoms with Crippen molar-refractivity contribution < 1.29 is 28.6 Å². The standard InChI is InChI=1S/C23H34INO6/c1-21(2,3)29-18(26)17(14-15-10-12-16(24)13-11-15)25(19(27)30-22(4,5)6)20(28)31-23(7,8)9/h10-13,17H,14H2,1-9H3/t17-/m0/s1. The fraction of sp³-hybridized carbons (Fsp3) is 0.609. The summed E-state index contributed by atoms with van der Waals surface area (Å²) in [5.74, 6) is -0.720. The number of amides is 2. The Hall–Kier alpha value is -1.84. The summed E-state index contributed by atoms with van der Waals surface area (Å²) < 4.78 is 17.4. The molecule has 7 nitrogen and oxygen atoms in total. The Labute approximate surface area is 198 Å². The topological polar surface area (TPSA) is 82.1 Å². The maximum Gasteiger partial charge on any atom is 0.420 e. The van der Waals surface area contributed by atoms with E-state index < -0.39 is 41.0 Å². The van der Waals surface area contributed by atoms with E-state index in [0.29, 0.717) is 0 Å². The van der Waals surface area contributed by atoms with E-state index in [9.17, 15) is 14.4 Å². The molecule has 0 bridgehead atoms. The van der Waals surface area contributed by atoms with Gasteiger partial charge in [0.1, 0.15) is 22.8 Å². The molecule has 0 aliphatic rings. The molecule has 2 amide bonds. The maximum atomic E-state index is 13.1. The average Bonchev–Trinajstić information content (AvgIpc) is 2.51. The van der Waals surface area contributed by atoms with Crippen LogP contribution in [0.3, 0.4) is 0 Å². The van der Waals surface area contributed by atoms with Gasteiger partial charge < -0.3 is 14.2 Å². The highest BCUT2D eigenvalue weighted by Gasteiger charge is 2.42. The van der Waals surface area contributed by atoms with Crippen molar-refractivity contribution in [3.05, 3.63) is 33.4 Å². The van der Waals surface area contributed by atoms with Crippen LogP contribution in [0.5, 0.6) is 0 Å². The second-order valence-corrected chi connectivity index (χ2v) is 11.5. The lowest BCUT2D eigenvalue weighted by molar-refractivity contribution is -0.161. The van der Waals surface area contributed by atoms with Gasteiger partial charge in [-0.05, 0) is 103 Å². The fourth-order valence-corrected chi connectivity index (χ4v) is 2.80. The number of ether oxygens (including phenoxy) is 3. The molecule has 31 heavy (non-hydrogen) atoms. The first-order chi connectivity index (χ1) is 13.9. The van der Waals surface area contributed by atoms with Gasteiger partial charge in [0, 0.05) is 9.99 Å². The van der Waals surface area contributed by atoms with E-state index in [2.05, 4.69) is 22.6 Å². The van der Waals surface area contributed by atoms with Crippen LogP contribution >= 0.6 is 22.6 Å². The predicted molar refractivity (Wildman–Crippen MR) is 127 cm³/mol. The first kappa shape index (κ1) is 27.2. The lowest BCUT2D eigenvalue weighted by Crippen LogP contribution is -2.54. The monoisotopic (exact) mass is 547 g/mol. The number of hydrogen-bond acceptors (Lipinski definition) is 6. The number of halogens is 1. The number of carbonyl (C=O) groups excluding carboxylic acids is 3. The third-order valence-corrected chi connectivity index (χ3v) is 4.23. The zero-order chi connectivity index (χ0) is 24.2. The van der Waals surface area contributed by atoms with Gasteiger partial charge in [-0.3, -0.25) is 0 Å². The van der Waals surface area contributed by atoms with Crippen LogP contribution in [0.1, 0.15) is 67.9 Å². The number of carbonyl (C=O) groups is 3. The van der Waals surface area contributed by atoms with Crippen molar-refractivity contribution in [3.8, 4) is 0 Å². The number of hydrogen-bond donors (Lipinski definition) is 0. The second-order valence-electron chi connectivity index (χ2n) is 10.2. The van der Waals surface area contributed by atoms with Gasteiger partial charge in [0.2, 0.25) is 0 Å². The fourth-order valence-electron chi connectivity index (χ4n) is 2.44. The Morgan fingerprint density at radius 1 is 0.774 bits per heavy atom. The highest BCUT2D eigenvalue weighted by molar-refractivity contribution is 14.1. The number of benzene rings is 1. The zero-order valence-corrected chi connectivity index (χ0v) is 22.0. The van der Waals surface area contributed by atoms with E-state index in [1.807, 2.05) is 24.3 Å². The average molecular weight is 547 g/mol. The van der Waals surface area contributed by atoms with Crippen LogP contribution in [-0.2, 0) is 25.4 Å². The van der Waals surface area contributed by atoms with Gasteiger partial charge in [-0.15, -0.1) is 0 Å². The molecule has 0 saturated carbocycles. The minimum absolute atomic E-state index is 0.0598. The smallest absolute Gasteiger partial charge is 0.420 e. The van der Waals surface area contributed by atoms with Crippen LogP contribution in [0.25, 0.3) is 0 Å². The highest BCUT2D eigenvalue weighted by Crippen LogP contribution is 2.22. The van der Waals surface area contributed by atoms with E-state index in [1.165, 1.54) is 0 Å². The molecule has 0 N–H and O–H groups in total. The van der Waals surface area contributed by atoms with Crippen LogP contribution in [0.2, 0.25) is 0 Å². The van der Waals surface area contributed by atoms with Gasteiger partial charge in [0.05, 0.1) is 0 Å². The molecule has 1 atom stereocenters. The molecule has 0 spiro atoms. The van der Waals surface area contributed by atoms with Crippen molar-refractivity contribution >= 4 is 40.7 Å². The van der Waals surface area contributed by atoms with Gasteiger partial charge in [-0.2, -0.15) is 4.90 Å². The Kier molecular flexibility index (Phi) is 8.94. The van der Waals surface area contributed by atoms with Crippen LogP contribution in [0, 0.1) is 3.57 Å². The van der Waals surface area contributed by atoms with Gasteiger partial charge in [0.15, 0.2) is 0 Å². The van der Waals surface area contributed by atoms with Crippen LogP contribution < -0.4 is 0 Å². The van der Waals surface area contributed by atoms with Crippen molar-refractivity contribution in [1.29, 1.82) is 0 Å². The maximum absolute atomic E-state index is 13.1. The molecule has 0 heterocycles. The van der Waals surface area contributed by atoms with Crippen molar-refractivity contribution in [2.24, 2.45) is 0 Å². The van der Waals surface area contributed by atoms with Crippen LogP contribution in [-0.4, -0.2) is 45.9 Å². The number of rotatable bonds is 4. The summed E-state index contributed by atoms with van der Waals surface area (Å²) >= 11 is 2.18. The molecular weight excluding hydrogens is 513 g/mol. The normalized spacial score (nSPS) is 13.2. The summed E-state index contributed by atoms with van der Waals surface area (Å²) in [6, 6.07) is 6.17. The molecular formula is C23H34INO6. The van der Waals surface area contributed by atoms with Crippen molar-refractivity contribution in [3.63, 3.8) is 0 Å². The van der Waals surface area contributed by atoms with Gasteiger partial charge in [0.25, 0.3) is 0 Å². The SMILES string of the molecule is CC(C)(C)OC(=O)[C@H](Cc1ccc(I)cc1)N(C(=O)OC(C)(C)C)C(=O)OC(C)(C)C. The number of imide groups is 1. The predicted octanol–water partition coefficient (Wildman–Crippen LogP) is 5.72. The zero-order valence-electron chi connectivity index (χ0n) is 19.9. The molecule has 1 aromatic carbocycles. The summed E-state index contributed by atoms with van der Waals surface area (Å²) in [6.45, 7) is 15.2. The van der Waals surface area contributed by atoms with Crippen molar-refractivity contribution in [2.45, 2.75) is 91.6 Å². The lowest BCUT2D eigenvalue weighted by atomic mass is 10.0. The molecule has 1 rings (SSSR count). The summed E-state index contributed by atoms with van der Waals surface area (Å²) in [5, 5.41) is 0. The van der Waals surface area contributed by atoms with Gasteiger partial charge in [-0.1, -0.05) is 12.1 Å². The molecule has 174 valence electrons. The van der Waals surface area contributed by atoms with Crippen molar-refractivity contribution in [2.75, 3.05) is 0 Å². The highest BCUT2D eigenvalue weighted by atomic mass is 127. The van der Waals surface area contributed by atoms with Gasteiger partial charge >= 0.3 is 18.2 Å². The molecule has 0 fully saturated rings. The Morgan fingerprint density at radius 2 is 1.16 bits per heavy atom. The molecule has 0 aliphatic carbocycles. The number of nitrogens with zero attached hydrogens (tertiary/aromatic N) is 1. The van der Waals surface area contributed by atoms with E-state index in [4.69, 9.17) is 14.2 Å². The molecule has 1 aromatic rings. The van der Waals surface area contributed by atoms with E-state index in [-0.39, 0.29) is 6.42 Å². The third-order valence-electron chi connectivity index (χ3n) is 3.51. The first-order valence-corrected chi connectivity index (χ1v) is 11.2. The summed E-state index contributed by atoms with van der Waals surface area (Å²) in [6.07, 6.45) is -1.88. The van der Waals surface area contributed by atoms with E-state index in [0.717, 1.165) is 14.0 Å². The van der Waals surface area contributed by atoms with Crippen LogP contribution in [0.4, 0.5) is 9.59 Å². The minimum atomic E-state index is -1.26. The quantitative estimate of drug-likeness (QED) is 0.273. The van der Waals surface area contributed by atoms with Crippen molar-refractivity contribution in [1.82, 2.24) is 4.90 Å². The molecule has 0 aliphatic heterocycles. The third kappa shape index (κ3) is 10.3. The van der Waals surface area contributed by atoms with E-state index in [1.54, 1.807) is 62.3 Å². The summed E-state index contributed by atoms with van der Waals surface area (Å²) in [5.41, 5.74) is -1.81. The minimum Gasteiger partial charge on any atom is -0.458 e. The Balaban J connectivity index is 3.44. The van der Waals surface area contributed by atoms with Crippen LogP contribution in [0.15, 0.2) is 24.3 Å². The number of esters is 1. The summed E-state index contributed by atoms with van der Waals surface area (Å²) in [7, 11) is 0. The molecule has 0 saturated heterocycles. The second kappa shape index (κ2) is 10.2. The molecule has 0 unspecified atom stereocenters.